The standard InChI is InChI=1S/C27H29N5O2S/c1-4-23(34-3)18-8-5-9-19(14-18)25-30-26(24-27(31-25)35-17-28-24)29-20-10-6-11-21(15-20)32-13-7-12-22(32)16-33-2/h4-6,8-11,14-15,17,22H,7,12-13,16H2,1-3H3,(H,29,30,31)/b23-4+. The van der Waals surface area contributed by atoms with Crippen LogP contribution in [0.2, 0.25) is 0 Å². The predicted octanol–water partition coefficient (Wildman–Crippen LogP) is 6.12. The Morgan fingerprint density at radius 3 is 2.89 bits per heavy atom. The average molecular weight is 488 g/mol. The van der Waals surface area contributed by atoms with E-state index < -0.39 is 0 Å². The molecule has 4 aromatic rings. The number of benzene rings is 2. The highest BCUT2D eigenvalue weighted by atomic mass is 32.1. The highest BCUT2D eigenvalue weighted by molar-refractivity contribution is 7.16. The Kier molecular flexibility index (Phi) is 6.92. The van der Waals surface area contributed by atoms with Crippen LogP contribution in [0.4, 0.5) is 17.2 Å². The minimum atomic E-state index is 0.410. The summed E-state index contributed by atoms with van der Waals surface area (Å²) in [7, 11) is 3.45. The third-order valence-electron chi connectivity index (χ3n) is 6.26. The largest absolute Gasteiger partial charge is 0.496 e. The SMILES string of the molecule is C/C=C(/OC)c1cccc(-c2nc(Nc3cccc(N4CCCC4COC)c3)c3ncsc3n2)c1. The maximum atomic E-state index is 5.50. The number of fused-ring (bicyclic) bond motifs is 1. The number of allylic oxidation sites excluding steroid dienone is 1. The van der Waals surface area contributed by atoms with Gasteiger partial charge in [0.1, 0.15) is 16.1 Å². The fourth-order valence-electron chi connectivity index (χ4n) is 4.63. The number of nitrogens with one attached hydrogen (secondary N) is 1. The lowest BCUT2D eigenvalue weighted by Crippen LogP contribution is -2.32. The second-order valence-corrected chi connectivity index (χ2v) is 9.29. The van der Waals surface area contributed by atoms with Gasteiger partial charge in [0.15, 0.2) is 11.6 Å². The number of hydrogen-bond acceptors (Lipinski definition) is 8. The van der Waals surface area contributed by atoms with Gasteiger partial charge in [-0.2, -0.15) is 0 Å². The van der Waals surface area contributed by atoms with Crippen molar-refractivity contribution in [1.29, 1.82) is 0 Å². The first-order chi connectivity index (χ1) is 17.2. The summed E-state index contributed by atoms with van der Waals surface area (Å²) in [6, 6.07) is 17.0. The summed E-state index contributed by atoms with van der Waals surface area (Å²) in [5.41, 5.74) is 6.64. The van der Waals surface area contributed by atoms with Crippen LogP contribution in [0.15, 0.2) is 60.1 Å². The van der Waals surface area contributed by atoms with Crippen molar-refractivity contribution in [3.63, 3.8) is 0 Å². The molecule has 8 heteroatoms. The summed E-state index contributed by atoms with van der Waals surface area (Å²) >= 11 is 1.51. The number of anilines is 3. The van der Waals surface area contributed by atoms with Gasteiger partial charge in [-0.1, -0.05) is 24.3 Å². The summed E-state index contributed by atoms with van der Waals surface area (Å²) in [5.74, 6) is 2.16. The van der Waals surface area contributed by atoms with Gasteiger partial charge in [-0.15, -0.1) is 11.3 Å². The minimum absolute atomic E-state index is 0.410. The quantitative estimate of drug-likeness (QED) is 0.300. The van der Waals surface area contributed by atoms with Crippen LogP contribution in [0.1, 0.15) is 25.3 Å². The molecule has 0 spiro atoms. The molecule has 0 radical (unpaired) electrons. The normalized spacial score (nSPS) is 16.1. The van der Waals surface area contributed by atoms with Gasteiger partial charge < -0.3 is 19.7 Å². The van der Waals surface area contributed by atoms with E-state index >= 15 is 0 Å². The van der Waals surface area contributed by atoms with Gasteiger partial charge in [0.05, 0.1) is 25.3 Å². The molecule has 5 rings (SSSR count). The smallest absolute Gasteiger partial charge is 0.163 e. The first-order valence-corrected chi connectivity index (χ1v) is 12.6. The van der Waals surface area contributed by atoms with E-state index in [4.69, 9.17) is 19.4 Å². The monoisotopic (exact) mass is 487 g/mol. The lowest BCUT2D eigenvalue weighted by Gasteiger charge is -2.26. The van der Waals surface area contributed by atoms with Crippen LogP contribution < -0.4 is 10.2 Å². The van der Waals surface area contributed by atoms with E-state index in [1.165, 1.54) is 23.4 Å². The molecule has 1 aliphatic heterocycles. The topological polar surface area (TPSA) is 72.4 Å². The molecule has 180 valence electrons. The van der Waals surface area contributed by atoms with Gasteiger partial charge in [-0.3, -0.25) is 0 Å². The van der Waals surface area contributed by atoms with E-state index in [1.807, 2.05) is 36.7 Å². The van der Waals surface area contributed by atoms with Crippen molar-refractivity contribution >= 4 is 44.6 Å². The minimum Gasteiger partial charge on any atom is -0.496 e. The molecule has 3 heterocycles. The molecular weight excluding hydrogens is 458 g/mol. The zero-order valence-electron chi connectivity index (χ0n) is 20.2. The number of ether oxygens (including phenoxy) is 2. The Bertz CT molecular complexity index is 1350. The van der Waals surface area contributed by atoms with Crippen LogP contribution in [0.3, 0.4) is 0 Å². The first-order valence-electron chi connectivity index (χ1n) is 11.7. The maximum absolute atomic E-state index is 5.50. The molecule has 7 nitrogen and oxygen atoms in total. The van der Waals surface area contributed by atoms with Crippen LogP contribution in [0.25, 0.3) is 27.5 Å². The van der Waals surface area contributed by atoms with Crippen molar-refractivity contribution in [3.8, 4) is 11.4 Å². The van der Waals surface area contributed by atoms with Crippen molar-refractivity contribution < 1.29 is 9.47 Å². The molecule has 1 unspecified atom stereocenters. The fraction of sp³-hybridized carbons (Fsp3) is 0.296. The molecule has 1 saturated heterocycles. The Labute approximate surface area is 209 Å². The second kappa shape index (κ2) is 10.4. The van der Waals surface area contributed by atoms with E-state index in [-0.39, 0.29) is 0 Å². The van der Waals surface area contributed by atoms with Gasteiger partial charge >= 0.3 is 0 Å². The molecular formula is C27H29N5O2S. The summed E-state index contributed by atoms with van der Waals surface area (Å²) in [5, 5.41) is 3.51. The molecule has 0 amide bonds. The second-order valence-electron chi connectivity index (χ2n) is 8.46. The number of aromatic nitrogens is 3. The lowest BCUT2D eigenvalue weighted by atomic mass is 10.1. The summed E-state index contributed by atoms with van der Waals surface area (Å²) in [6.07, 6.45) is 4.28. The third kappa shape index (κ3) is 4.85. The van der Waals surface area contributed by atoms with Crippen molar-refractivity contribution in [2.24, 2.45) is 0 Å². The van der Waals surface area contributed by atoms with Gasteiger partial charge in [0.25, 0.3) is 0 Å². The molecule has 2 aromatic carbocycles. The molecule has 1 fully saturated rings. The maximum Gasteiger partial charge on any atom is 0.163 e. The van der Waals surface area contributed by atoms with Crippen molar-refractivity contribution in [1.82, 2.24) is 15.0 Å². The Hall–Kier alpha value is -3.49. The van der Waals surface area contributed by atoms with Gasteiger partial charge in [-0.25, -0.2) is 15.0 Å². The van der Waals surface area contributed by atoms with Crippen LogP contribution in [-0.2, 0) is 9.47 Å². The van der Waals surface area contributed by atoms with Gasteiger partial charge in [0.2, 0.25) is 0 Å². The molecule has 0 bridgehead atoms. The average Bonchev–Trinajstić information content (AvgIpc) is 3.55. The van der Waals surface area contributed by atoms with E-state index in [1.54, 1.807) is 14.2 Å². The van der Waals surface area contributed by atoms with E-state index in [0.29, 0.717) is 17.7 Å². The zero-order valence-corrected chi connectivity index (χ0v) is 21.0. The highest BCUT2D eigenvalue weighted by Gasteiger charge is 2.24. The first kappa shape index (κ1) is 23.3. The molecule has 0 aliphatic carbocycles. The van der Waals surface area contributed by atoms with Crippen LogP contribution in [0, 0.1) is 0 Å². The summed E-state index contributed by atoms with van der Waals surface area (Å²) in [4.78, 5) is 17.5. The van der Waals surface area contributed by atoms with E-state index in [9.17, 15) is 0 Å². The third-order valence-corrected chi connectivity index (χ3v) is 6.98. The predicted molar refractivity (Wildman–Crippen MR) is 143 cm³/mol. The number of thiazole rings is 1. The van der Waals surface area contributed by atoms with Crippen LogP contribution in [-0.4, -0.2) is 48.4 Å². The fourth-order valence-corrected chi connectivity index (χ4v) is 5.29. The molecule has 1 atom stereocenters. The number of nitrogens with zero attached hydrogens (tertiary/aromatic N) is 4. The highest BCUT2D eigenvalue weighted by Crippen LogP contribution is 2.32. The lowest BCUT2D eigenvalue weighted by molar-refractivity contribution is 0.181. The molecule has 0 saturated carbocycles. The van der Waals surface area contributed by atoms with Crippen molar-refractivity contribution in [2.75, 3.05) is 37.6 Å². The van der Waals surface area contributed by atoms with Crippen molar-refractivity contribution in [2.45, 2.75) is 25.8 Å². The Balaban J connectivity index is 1.49. The Morgan fingerprint density at radius 1 is 1.17 bits per heavy atom. The molecule has 2 aromatic heterocycles. The number of hydrogen-bond donors (Lipinski definition) is 1. The van der Waals surface area contributed by atoms with Crippen molar-refractivity contribution in [3.05, 3.63) is 65.7 Å². The number of methoxy groups -OCH3 is 2. The molecule has 1 aliphatic rings. The van der Waals surface area contributed by atoms with Crippen LogP contribution >= 0.6 is 11.3 Å². The summed E-state index contributed by atoms with van der Waals surface area (Å²) in [6.45, 7) is 3.74. The zero-order chi connectivity index (χ0) is 24.2. The van der Waals surface area contributed by atoms with Gasteiger partial charge in [-0.05, 0) is 50.1 Å². The molecule has 1 N–H and O–H groups in total. The van der Waals surface area contributed by atoms with Gasteiger partial charge in [0, 0.05) is 36.2 Å². The van der Waals surface area contributed by atoms with E-state index in [0.717, 1.165) is 52.5 Å². The number of rotatable bonds is 8. The van der Waals surface area contributed by atoms with E-state index in [2.05, 4.69) is 45.5 Å². The summed E-state index contributed by atoms with van der Waals surface area (Å²) < 4.78 is 10.9. The molecule has 35 heavy (non-hydrogen) atoms. The van der Waals surface area contributed by atoms with Crippen LogP contribution in [0.5, 0.6) is 0 Å². The Morgan fingerprint density at radius 2 is 2.06 bits per heavy atom.